The lowest BCUT2D eigenvalue weighted by Gasteiger charge is -2.13. The molecule has 0 radical (unpaired) electrons. The van der Waals surface area contributed by atoms with Crippen LogP contribution in [0.15, 0.2) is 186 Å². The Morgan fingerprint density at radius 1 is 0.370 bits per heavy atom. The van der Waals surface area contributed by atoms with Crippen molar-refractivity contribution in [2.75, 3.05) is 0 Å². The molecule has 0 fully saturated rings. The maximum absolute atomic E-state index is 6.91. The van der Waals surface area contributed by atoms with Crippen molar-refractivity contribution in [2.45, 2.75) is 0 Å². The Balaban J connectivity index is 1.14. The first-order valence-corrected chi connectivity index (χ1v) is 18.1. The molecule has 0 unspecified atom stereocenters. The van der Waals surface area contributed by atoms with Crippen molar-refractivity contribution in [3.05, 3.63) is 182 Å². The molecule has 0 spiro atoms. The molecule has 0 bridgehead atoms. The monoisotopic (exact) mass is 690 g/mol. The number of para-hydroxylation sites is 2. The summed E-state index contributed by atoms with van der Waals surface area (Å²) in [6.07, 6.45) is 0. The smallest absolute Gasteiger partial charge is 0.164 e. The third-order valence-corrected chi connectivity index (χ3v) is 10.4. The van der Waals surface area contributed by atoms with Gasteiger partial charge in [0, 0.05) is 43.6 Å². The predicted molar refractivity (Wildman–Crippen MR) is 221 cm³/mol. The van der Waals surface area contributed by atoms with E-state index in [2.05, 4.69) is 126 Å². The maximum Gasteiger partial charge on any atom is 0.164 e. The Labute approximate surface area is 310 Å². The zero-order valence-corrected chi connectivity index (χ0v) is 29.0. The van der Waals surface area contributed by atoms with Gasteiger partial charge in [-0.05, 0) is 46.8 Å². The van der Waals surface area contributed by atoms with Crippen LogP contribution in [0.5, 0.6) is 0 Å². The third kappa shape index (κ3) is 4.76. The number of furan rings is 1. The van der Waals surface area contributed by atoms with Crippen LogP contribution in [0.2, 0.25) is 0 Å². The molecule has 0 amide bonds. The van der Waals surface area contributed by atoms with Gasteiger partial charge in [-0.2, -0.15) is 0 Å². The van der Waals surface area contributed by atoms with Crippen molar-refractivity contribution >= 4 is 54.5 Å². The molecule has 5 nitrogen and oxygen atoms in total. The van der Waals surface area contributed by atoms with Crippen LogP contribution in [0.25, 0.3) is 105 Å². The van der Waals surface area contributed by atoms with Crippen molar-refractivity contribution < 1.29 is 4.42 Å². The van der Waals surface area contributed by atoms with E-state index in [0.29, 0.717) is 17.5 Å². The molecular weight excluding hydrogens is 661 g/mol. The molecule has 0 saturated carbocycles. The largest absolute Gasteiger partial charge is 0.454 e. The molecule has 0 N–H and O–H groups in total. The van der Waals surface area contributed by atoms with Crippen LogP contribution in [0.4, 0.5) is 0 Å². The fourth-order valence-corrected chi connectivity index (χ4v) is 7.97. The first-order valence-electron chi connectivity index (χ1n) is 18.1. The molecule has 3 heterocycles. The molecule has 5 heteroatoms. The van der Waals surface area contributed by atoms with Gasteiger partial charge in [-0.3, -0.25) is 0 Å². The fraction of sp³-hybridized carbons (Fsp3) is 0. The van der Waals surface area contributed by atoms with Crippen LogP contribution >= 0.6 is 0 Å². The number of aromatic nitrogens is 4. The lowest BCUT2D eigenvalue weighted by molar-refractivity contribution is 0.666. The zero-order chi connectivity index (χ0) is 35.6. The number of hydrogen-bond acceptors (Lipinski definition) is 4. The van der Waals surface area contributed by atoms with E-state index in [9.17, 15) is 0 Å². The third-order valence-electron chi connectivity index (χ3n) is 10.4. The van der Waals surface area contributed by atoms with Crippen molar-refractivity contribution in [2.24, 2.45) is 0 Å². The molecule has 0 aliphatic heterocycles. The average Bonchev–Trinajstić information content (AvgIpc) is 3.80. The van der Waals surface area contributed by atoms with Gasteiger partial charge < -0.3 is 8.98 Å². The SMILES string of the molecule is c1ccc(-c2nc(-c3ccccc3)nc(-c3ccc4c(c3)oc3c(-n5c6ccccc6c6cc(-c7ccccc7)c7ccccc7c65)cccc34)n2)cc1. The fourth-order valence-electron chi connectivity index (χ4n) is 7.97. The Hall–Kier alpha value is -7.37. The van der Waals surface area contributed by atoms with E-state index in [1.807, 2.05) is 60.7 Å². The number of rotatable bonds is 5. The van der Waals surface area contributed by atoms with Crippen molar-refractivity contribution in [3.8, 4) is 51.0 Å². The molecule has 0 aliphatic carbocycles. The average molecular weight is 691 g/mol. The van der Waals surface area contributed by atoms with Crippen LogP contribution in [-0.2, 0) is 0 Å². The summed E-state index contributed by atoms with van der Waals surface area (Å²) in [5.74, 6) is 1.84. The lowest BCUT2D eigenvalue weighted by atomic mass is 9.95. The summed E-state index contributed by atoms with van der Waals surface area (Å²) in [6.45, 7) is 0. The molecule has 0 aliphatic rings. The van der Waals surface area contributed by atoms with E-state index in [0.717, 1.165) is 55.3 Å². The minimum Gasteiger partial charge on any atom is -0.454 e. The van der Waals surface area contributed by atoms with Gasteiger partial charge in [0.2, 0.25) is 0 Å². The number of hydrogen-bond donors (Lipinski definition) is 0. The van der Waals surface area contributed by atoms with E-state index < -0.39 is 0 Å². The van der Waals surface area contributed by atoms with E-state index in [1.54, 1.807) is 0 Å². The van der Waals surface area contributed by atoms with Gasteiger partial charge in [-0.1, -0.05) is 152 Å². The molecule has 3 aromatic heterocycles. The molecule has 54 heavy (non-hydrogen) atoms. The number of nitrogens with zero attached hydrogens (tertiary/aromatic N) is 4. The van der Waals surface area contributed by atoms with Crippen LogP contribution in [0.1, 0.15) is 0 Å². The molecule has 11 aromatic rings. The number of fused-ring (bicyclic) bond motifs is 8. The molecular formula is C49H30N4O. The summed E-state index contributed by atoms with van der Waals surface area (Å²) in [5, 5.41) is 6.90. The molecule has 11 rings (SSSR count). The number of benzene rings is 8. The van der Waals surface area contributed by atoms with Gasteiger partial charge in [0.05, 0.1) is 16.7 Å². The minimum atomic E-state index is 0.591. The summed E-state index contributed by atoms with van der Waals surface area (Å²) in [6, 6.07) is 63.3. The van der Waals surface area contributed by atoms with Crippen molar-refractivity contribution in [3.63, 3.8) is 0 Å². The standard InChI is InChI=1S/C49H30N4O/c1-4-15-31(16-5-1)40-30-41-36-22-12-13-25-42(36)53(45(41)38-23-11-10-21-35(38)40)43-26-14-24-39-37-28-27-34(29-44(37)54-46(39)43)49-51-47(32-17-6-2-7-18-32)50-48(52-49)33-19-8-3-9-20-33/h1-30H. The summed E-state index contributed by atoms with van der Waals surface area (Å²) >= 11 is 0. The summed E-state index contributed by atoms with van der Waals surface area (Å²) in [5.41, 5.74) is 10.0. The first-order chi connectivity index (χ1) is 26.8. The Bertz CT molecular complexity index is 3140. The summed E-state index contributed by atoms with van der Waals surface area (Å²) in [7, 11) is 0. The van der Waals surface area contributed by atoms with Crippen LogP contribution in [0.3, 0.4) is 0 Å². The van der Waals surface area contributed by atoms with Gasteiger partial charge in [-0.15, -0.1) is 0 Å². The minimum absolute atomic E-state index is 0.591. The Kier molecular flexibility index (Phi) is 6.79. The van der Waals surface area contributed by atoms with E-state index in [4.69, 9.17) is 19.4 Å². The molecule has 252 valence electrons. The molecule has 0 saturated heterocycles. The van der Waals surface area contributed by atoms with Crippen LogP contribution in [0, 0.1) is 0 Å². The highest BCUT2D eigenvalue weighted by Crippen LogP contribution is 2.43. The Morgan fingerprint density at radius 3 is 1.61 bits per heavy atom. The van der Waals surface area contributed by atoms with Crippen LogP contribution in [-0.4, -0.2) is 19.5 Å². The Morgan fingerprint density at radius 2 is 0.926 bits per heavy atom. The quantitative estimate of drug-likeness (QED) is 0.180. The maximum atomic E-state index is 6.91. The van der Waals surface area contributed by atoms with Gasteiger partial charge in [-0.25, -0.2) is 15.0 Å². The summed E-state index contributed by atoms with van der Waals surface area (Å²) < 4.78 is 9.30. The second kappa shape index (κ2) is 12.1. The first kappa shape index (κ1) is 30.3. The van der Waals surface area contributed by atoms with Gasteiger partial charge in [0.1, 0.15) is 5.58 Å². The van der Waals surface area contributed by atoms with Gasteiger partial charge >= 0.3 is 0 Å². The van der Waals surface area contributed by atoms with Gasteiger partial charge in [0.15, 0.2) is 23.1 Å². The van der Waals surface area contributed by atoms with Crippen molar-refractivity contribution in [1.82, 2.24) is 19.5 Å². The highest BCUT2D eigenvalue weighted by atomic mass is 16.3. The van der Waals surface area contributed by atoms with E-state index in [-0.39, 0.29) is 0 Å². The molecule has 0 atom stereocenters. The van der Waals surface area contributed by atoms with E-state index >= 15 is 0 Å². The highest BCUT2D eigenvalue weighted by molar-refractivity contribution is 6.23. The zero-order valence-electron chi connectivity index (χ0n) is 29.0. The van der Waals surface area contributed by atoms with Crippen molar-refractivity contribution in [1.29, 1.82) is 0 Å². The molecule has 8 aromatic carbocycles. The summed E-state index contributed by atoms with van der Waals surface area (Å²) in [4.78, 5) is 14.8. The second-order valence-electron chi connectivity index (χ2n) is 13.6. The van der Waals surface area contributed by atoms with Crippen LogP contribution < -0.4 is 0 Å². The highest BCUT2D eigenvalue weighted by Gasteiger charge is 2.21. The second-order valence-corrected chi connectivity index (χ2v) is 13.6. The predicted octanol–water partition coefficient (Wildman–Crippen LogP) is 12.7. The lowest BCUT2D eigenvalue weighted by Crippen LogP contribution is -2.00. The van der Waals surface area contributed by atoms with E-state index in [1.165, 1.54) is 32.7 Å². The normalized spacial score (nSPS) is 11.7. The topological polar surface area (TPSA) is 56.7 Å². The van der Waals surface area contributed by atoms with Gasteiger partial charge in [0.25, 0.3) is 0 Å².